The highest BCUT2D eigenvalue weighted by molar-refractivity contribution is 6.90. The van der Waals surface area contributed by atoms with Gasteiger partial charge in [0.2, 0.25) is 0 Å². The Bertz CT molecular complexity index is 2420. The van der Waals surface area contributed by atoms with Crippen LogP contribution in [0.5, 0.6) is 11.8 Å². The molecule has 3 aliphatic rings. The van der Waals surface area contributed by atoms with Crippen molar-refractivity contribution < 1.29 is 42.0 Å². The summed E-state index contributed by atoms with van der Waals surface area (Å²) < 4.78 is 71.9. The number of carbonyl (C=O) groups is 1. The Morgan fingerprint density at radius 1 is 1.05 bits per heavy atom. The minimum Gasteiger partial charge on any atom is -0.468 e. The van der Waals surface area contributed by atoms with Gasteiger partial charge in [0.05, 0.1) is 28.6 Å². The number of aliphatic hydroxyl groups excluding tert-OH is 1. The Morgan fingerprint density at radius 3 is 2.47 bits per heavy atom. The maximum atomic E-state index is 17.8. The van der Waals surface area contributed by atoms with Crippen molar-refractivity contribution in [3.8, 4) is 34.5 Å². The van der Waals surface area contributed by atoms with Crippen LogP contribution in [0.4, 0.5) is 23.8 Å². The molecule has 0 aliphatic carbocycles. The van der Waals surface area contributed by atoms with Crippen LogP contribution in [0.2, 0.25) is 16.6 Å². The number of ether oxygens (including phenoxy) is 4. The van der Waals surface area contributed by atoms with Crippen molar-refractivity contribution in [2.75, 3.05) is 51.6 Å². The number of carbonyl (C=O) groups excluding carboxylic acids is 1. The number of nitrogens with one attached hydrogen (secondary N) is 1. The first kappa shape index (κ1) is 47.3. The monoisotopic (exact) mass is 904 g/mol. The van der Waals surface area contributed by atoms with Crippen molar-refractivity contribution in [1.82, 2.24) is 25.2 Å². The summed E-state index contributed by atoms with van der Waals surface area (Å²) in [6.07, 6.45) is 1.10. The molecule has 7 rings (SSSR count). The summed E-state index contributed by atoms with van der Waals surface area (Å²) in [5, 5.41) is 15.1. The molecular weight excluding hydrogens is 842 g/mol. The summed E-state index contributed by atoms with van der Waals surface area (Å²) in [7, 11) is -0.858. The molecule has 0 radical (unpaired) electrons. The summed E-state index contributed by atoms with van der Waals surface area (Å²) in [4.78, 5) is 30.9. The third kappa shape index (κ3) is 9.50. The van der Waals surface area contributed by atoms with Gasteiger partial charge in [-0.3, -0.25) is 9.88 Å². The number of fused-ring (bicyclic) bond motifs is 3. The van der Waals surface area contributed by atoms with Crippen molar-refractivity contribution in [1.29, 1.82) is 0 Å². The Kier molecular flexibility index (Phi) is 13.8. The van der Waals surface area contributed by atoms with E-state index in [1.54, 1.807) is 43.9 Å². The average molecular weight is 905 g/mol. The lowest BCUT2D eigenvalue weighted by molar-refractivity contribution is 0.0473. The molecule has 0 spiro atoms. The van der Waals surface area contributed by atoms with E-state index in [2.05, 4.69) is 68.2 Å². The van der Waals surface area contributed by atoms with Gasteiger partial charge in [-0.1, -0.05) is 53.5 Å². The highest BCUT2D eigenvalue weighted by atomic mass is 28.3. The van der Waals surface area contributed by atoms with E-state index in [1.807, 2.05) is 0 Å². The van der Waals surface area contributed by atoms with E-state index in [0.717, 1.165) is 19.4 Å². The van der Waals surface area contributed by atoms with Crippen LogP contribution in [0.25, 0.3) is 32.9 Å². The van der Waals surface area contributed by atoms with Gasteiger partial charge in [0.15, 0.2) is 12.6 Å². The molecule has 0 saturated carbocycles. The second kappa shape index (κ2) is 18.7. The number of pyridine rings is 1. The smallest absolute Gasteiger partial charge is 0.407 e. The van der Waals surface area contributed by atoms with Crippen LogP contribution in [-0.2, 0) is 9.47 Å². The number of β-amino-alcohol motifs (C(OH)–C–C–N with tert-alkyl or cyclic N) is 1. The highest BCUT2D eigenvalue weighted by Gasteiger charge is 2.49. The number of rotatable bonds is 12. The maximum Gasteiger partial charge on any atom is 0.407 e. The zero-order chi connectivity index (χ0) is 46.3. The number of aliphatic hydroxyl groups is 1. The molecule has 0 unspecified atom stereocenters. The Labute approximate surface area is 375 Å². The van der Waals surface area contributed by atoms with E-state index in [1.165, 1.54) is 19.4 Å². The molecule has 4 atom stereocenters. The summed E-state index contributed by atoms with van der Waals surface area (Å²) in [6.45, 7) is 19.7. The van der Waals surface area contributed by atoms with Gasteiger partial charge in [-0.25, -0.2) is 18.0 Å². The standard InChI is InChI=1S/C48H63F3N6O6Si/c1-28(2)64(29(3)4,30(5)6)17-14-36-39(50)13-12-31-18-35(62-27-60-10)20-37(40(31)36)42-41(51)43-38(22-52-42)44(56-24-33(19-34(58)25-56)53-46(59)63-47(7,8)9)55-45(54-43)61-26-48-15-11-16-57(48)23-32(49)21-48/h12-13,18,20,22,28-30,32-34,58H,11,15-16,19,21,23-27H2,1-10H3,(H,53,59)/t32-,33+,34+,48+/m1/s1. The topological polar surface area (TPSA) is 131 Å². The van der Waals surface area contributed by atoms with Gasteiger partial charge in [0.1, 0.15) is 55.0 Å². The number of benzene rings is 2. The minimum absolute atomic E-state index is 0.0855. The van der Waals surface area contributed by atoms with E-state index < -0.39 is 55.3 Å². The van der Waals surface area contributed by atoms with Gasteiger partial charge in [0.25, 0.3) is 0 Å². The van der Waals surface area contributed by atoms with Crippen LogP contribution in [-0.4, -0.2) is 115 Å². The number of halogens is 3. The van der Waals surface area contributed by atoms with Crippen molar-refractivity contribution in [2.45, 2.75) is 134 Å². The molecule has 2 aromatic heterocycles. The number of methoxy groups -OCH3 is 1. The number of hydrogen-bond acceptors (Lipinski definition) is 11. The van der Waals surface area contributed by atoms with Crippen molar-refractivity contribution >= 4 is 41.7 Å². The molecule has 1 amide bonds. The fourth-order valence-corrected chi connectivity index (χ4v) is 15.7. The summed E-state index contributed by atoms with van der Waals surface area (Å²) in [6, 6.07) is 5.63. The van der Waals surface area contributed by atoms with Crippen LogP contribution in [0.15, 0.2) is 30.5 Å². The number of amides is 1. The molecule has 0 bridgehead atoms. The third-order valence-corrected chi connectivity index (χ3v) is 19.5. The number of hydrogen-bond donors (Lipinski definition) is 2. The average Bonchev–Trinajstić information content (AvgIpc) is 3.74. The van der Waals surface area contributed by atoms with Gasteiger partial charge in [-0.2, -0.15) is 9.97 Å². The molecule has 3 saturated heterocycles. The molecule has 12 nitrogen and oxygen atoms in total. The predicted octanol–water partition coefficient (Wildman–Crippen LogP) is 9.09. The molecule has 3 aliphatic heterocycles. The van der Waals surface area contributed by atoms with Gasteiger partial charge >= 0.3 is 12.1 Å². The van der Waals surface area contributed by atoms with Crippen LogP contribution in [0.1, 0.15) is 93.6 Å². The van der Waals surface area contributed by atoms with Crippen molar-refractivity contribution in [3.63, 3.8) is 0 Å². The number of nitrogens with zero attached hydrogens (tertiary/aromatic N) is 5. The lowest BCUT2D eigenvalue weighted by atomic mass is 9.95. The van der Waals surface area contributed by atoms with Gasteiger partial charge in [-0.15, -0.1) is 5.54 Å². The zero-order valence-corrected chi connectivity index (χ0v) is 39.8. The largest absolute Gasteiger partial charge is 0.468 e. The Balaban J connectivity index is 1.41. The molecule has 2 aromatic carbocycles. The van der Waals surface area contributed by atoms with E-state index >= 15 is 8.78 Å². The number of anilines is 1. The van der Waals surface area contributed by atoms with Gasteiger partial charge in [0, 0.05) is 50.3 Å². The van der Waals surface area contributed by atoms with E-state index in [4.69, 9.17) is 28.9 Å². The molecule has 2 N–H and O–H groups in total. The first-order chi connectivity index (χ1) is 30.2. The number of piperidine rings is 1. The van der Waals surface area contributed by atoms with Gasteiger partial charge in [-0.05, 0) is 86.8 Å². The molecule has 4 aromatic rings. The molecule has 64 heavy (non-hydrogen) atoms. The van der Waals surface area contributed by atoms with Crippen LogP contribution in [0.3, 0.4) is 0 Å². The Hall–Kier alpha value is -4.69. The molecule has 5 heterocycles. The molecule has 16 heteroatoms. The first-order valence-electron chi connectivity index (χ1n) is 22.5. The fraction of sp³-hybridized carbons (Fsp3) is 0.583. The van der Waals surface area contributed by atoms with Crippen LogP contribution >= 0.6 is 0 Å². The number of alkyl halides is 1. The summed E-state index contributed by atoms with van der Waals surface area (Å²) >= 11 is 0. The maximum absolute atomic E-state index is 17.8. The highest BCUT2D eigenvalue weighted by Crippen LogP contribution is 2.44. The third-order valence-electron chi connectivity index (χ3n) is 13.2. The van der Waals surface area contributed by atoms with E-state index in [-0.39, 0.29) is 89.1 Å². The molecular formula is C48H63F3N6O6Si. The zero-order valence-electron chi connectivity index (χ0n) is 38.8. The summed E-state index contributed by atoms with van der Waals surface area (Å²) in [5.74, 6) is 2.49. The second-order valence-electron chi connectivity index (χ2n) is 19.7. The normalized spacial score (nSPS) is 21.8. The first-order valence-corrected chi connectivity index (χ1v) is 24.7. The van der Waals surface area contributed by atoms with Crippen LogP contribution in [0, 0.1) is 23.1 Å². The van der Waals surface area contributed by atoms with Crippen molar-refractivity contribution in [2.24, 2.45) is 0 Å². The second-order valence-corrected chi connectivity index (χ2v) is 25.3. The minimum atomic E-state index is -2.35. The quantitative estimate of drug-likeness (QED) is 0.0802. The summed E-state index contributed by atoms with van der Waals surface area (Å²) in [5.41, 5.74) is 3.29. The number of alkyl carbamates (subject to hydrolysis) is 1. The fourth-order valence-electron chi connectivity index (χ4n) is 10.5. The van der Waals surface area contributed by atoms with E-state index in [9.17, 15) is 14.3 Å². The molecule has 346 valence electrons. The number of aromatic nitrogens is 3. The Morgan fingerprint density at radius 2 is 1.78 bits per heavy atom. The lowest BCUT2D eigenvalue weighted by Gasteiger charge is -2.38. The van der Waals surface area contributed by atoms with Crippen LogP contribution < -0.4 is 19.7 Å². The molecule has 3 fully saturated rings. The lowest BCUT2D eigenvalue weighted by Crippen LogP contribution is -2.53. The van der Waals surface area contributed by atoms with Gasteiger partial charge < -0.3 is 34.3 Å². The van der Waals surface area contributed by atoms with Crippen molar-refractivity contribution in [3.05, 3.63) is 47.7 Å². The predicted molar refractivity (Wildman–Crippen MR) is 245 cm³/mol. The SMILES string of the molecule is COCOc1cc(-c2ncc3c(N4C[C@@H](O)C[C@H](NC(=O)OC(C)(C)C)C4)nc(OC[C@@]45CCCN4C[C@H](F)C5)nc3c2F)c2c(C#C[Si](C(C)C)(C(C)C)C(C)C)c(F)ccc2c1. The van der Waals surface area contributed by atoms with E-state index in [0.29, 0.717) is 29.5 Å².